The van der Waals surface area contributed by atoms with Crippen molar-refractivity contribution in [1.29, 1.82) is 0 Å². The van der Waals surface area contributed by atoms with E-state index < -0.39 is 11.1 Å². The molecule has 2 saturated carbocycles. The summed E-state index contributed by atoms with van der Waals surface area (Å²) in [5.74, 6) is 1.32. The van der Waals surface area contributed by atoms with Crippen molar-refractivity contribution < 1.29 is 19.0 Å². The number of methoxy groups -OCH3 is 1. The fourth-order valence-electron chi connectivity index (χ4n) is 5.12. The van der Waals surface area contributed by atoms with Gasteiger partial charge in [0.1, 0.15) is 12.1 Å². The van der Waals surface area contributed by atoms with Crippen molar-refractivity contribution in [2.45, 2.75) is 68.7 Å². The van der Waals surface area contributed by atoms with Crippen LogP contribution in [0.15, 0.2) is 48.5 Å². The number of rotatable bonds is 8. The Hall–Kier alpha value is -3.04. The average Bonchev–Trinajstić information content (AvgIpc) is 3.67. The van der Waals surface area contributed by atoms with Crippen molar-refractivity contribution in [3.63, 3.8) is 0 Å². The third-order valence-corrected chi connectivity index (χ3v) is 7.77. The fourth-order valence-corrected chi connectivity index (χ4v) is 5.12. The number of hydrogen-bond acceptors (Lipinski definition) is 5. The van der Waals surface area contributed by atoms with Gasteiger partial charge < -0.3 is 19.1 Å². The molecule has 1 heterocycles. The number of benzene rings is 2. The van der Waals surface area contributed by atoms with Crippen LogP contribution in [0.3, 0.4) is 0 Å². The summed E-state index contributed by atoms with van der Waals surface area (Å²) in [6.07, 6.45) is 6.59. The molecule has 2 aliphatic carbocycles. The molecular weight excluding hydrogens is 428 g/mol. The maximum absolute atomic E-state index is 13.0. The summed E-state index contributed by atoms with van der Waals surface area (Å²) >= 11 is 0. The van der Waals surface area contributed by atoms with Crippen LogP contribution in [0, 0.1) is 6.57 Å². The van der Waals surface area contributed by atoms with Crippen molar-refractivity contribution >= 4 is 5.97 Å². The second kappa shape index (κ2) is 9.31. The number of carbonyl (C=O) groups is 1. The first-order valence-electron chi connectivity index (χ1n) is 12.3. The van der Waals surface area contributed by atoms with E-state index in [9.17, 15) is 4.79 Å². The fraction of sp³-hybridized carbons (Fsp3) is 0.500. The Balaban J connectivity index is 1.26. The summed E-state index contributed by atoms with van der Waals surface area (Å²) in [5, 5.41) is 0. The smallest absolute Gasteiger partial charge is 0.326 e. The highest BCUT2D eigenvalue weighted by Gasteiger charge is 2.58. The zero-order valence-corrected chi connectivity index (χ0v) is 19.8. The minimum absolute atomic E-state index is 0.132. The van der Waals surface area contributed by atoms with E-state index in [0.29, 0.717) is 38.3 Å². The summed E-state index contributed by atoms with van der Waals surface area (Å²) in [6.45, 7) is 9.77. The van der Waals surface area contributed by atoms with Crippen LogP contribution < -0.4 is 9.47 Å². The molecule has 178 valence electrons. The summed E-state index contributed by atoms with van der Waals surface area (Å²) < 4.78 is 17.4. The number of carbonyl (C=O) groups excluding carboxylic acids is 1. The minimum atomic E-state index is -0.607. The van der Waals surface area contributed by atoms with E-state index in [-0.39, 0.29) is 12.1 Å². The van der Waals surface area contributed by atoms with Crippen LogP contribution in [-0.2, 0) is 21.7 Å². The molecule has 2 aromatic carbocycles. The third kappa shape index (κ3) is 4.25. The van der Waals surface area contributed by atoms with Crippen LogP contribution in [0.5, 0.6) is 11.5 Å². The molecule has 0 atom stereocenters. The molecule has 2 aromatic rings. The first kappa shape index (κ1) is 22.7. The molecule has 0 bridgehead atoms. The summed E-state index contributed by atoms with van der Waals surface area (Å²) in [5.41, 5.74) is 0.858. The Labute approximate surface area is 201 Å². The third-order valence-electron chi connectivity index (χ3n) is 7.77. The van der Waals surface area contributed by atoms with Gasteiger partial charge in [-0.25, -0.2) is 6.57 Å². The molecule has 1 aliphatic heterocycles. The largest absolute Gasteiger partial charge is 0.493 e. The number of piperidine rings is 1. The van der Waals surface area contributed by atoms with Gasteiger partial charge in [-0.2, -0.15) is 0 Å². The molecular formula is C28H32N2O4. The highest BCUT2D eigenvalue weighted by atomic mass is 16.5. The minimum Gasteiger partial charge on any atom is -0.493 e. The van der Waals surface area contributed by atoms with Crippen molar-refractivity contribution in [2.24, 2.45) is 0 Å². The number of esters is 1. The first-order chi connectivity index (χ1) is 16.6. The molecule has 0 radical (unpaired) electrons. The van der Waals surface area contributed by atoms with E-state index in [1.54, 1.807) is 7.11 Å². The normalized spacial score (nSPS) is 21.1. The van der Waals surface area contributed by atoms with Gasteiger partial charge >= 0.3 is 5.97 Å². The predicted octanol–water partition coefficient (Wildman–Crippen LogP) is 5.11. The van der Waals surface area contributed by atoms with Gasteiger partial charge in [-0.1, -0.05) is 30.3 Å². The average molecular weight is 461 g/mol. The quantitative estimate of drug-likeness (QED) is 0.405. The number of hydrogen-bond donors (Lipinski definition) is 0. The van der Waals surface area contributed by atoms with E-state index in [1.165, 1.54) is 6.42 Å². The molecule has 5 rings (SSSR count). The Morgan fingerprint density at radius 2 is 1.79 bits per heavy atom. The summed E-state index contributed by atoms with van der Waals surface area (Å²) in [7, 11) is 1.65. The second-order valence-electron chi connectivity index (χ2n) is 9.76. The van der Waals surface area contributed by atoms with Crippen LogP contribution in [0.1, 0.15) is 56.1 Å². The van der Waals surface area contributed by atoms with E-state index in [4.69, 9.17) is 20.8 Å². The molecule has 1 saturated heterocycles. The maximum Gasteiger partial charge on any atom is 0.326 e. The Bertz CT molecular complexity index is 1060. The Morgan fingerprint density at radius 1 is 1.06 bits per heavy atom. The van der Waals surface area contributed by atoms with E-state index in [0.717, 1.165) is 42.6 Å². The summed E-state index contributed by atoms with van der Waals surface area (Å²) in [6, 6.07) is 15.7. The molecule has 34 heavy (non-hydrogen) atoms. The molecule has 0 spiro atoms. The summed E-state index contributed by atoms with van der Waals surface area (Å²) in [4.78, 5) is 19.4. The number of ether oxygens (including phenoxy) is 3. The van der Waals surface area contributed by atoms with Gasteiger partial charge in [-0.15, -0.1) is 0 Å². The topological polar surface area (TPSA) is 52.4 Å². The molecule has 0 unspecified atom stereocenters. The first-order valence-corrected chi connectivity index (χ1v) is 12.3. The zero-order valence-electron chi connectivity index (χ0n) is 19.8. The van der Waals surface area contributed by atoms with E-state index in [1.807, 2.05) is 48.5 Å². The van der Waals surface area contributed by atoms with Gasteiger partial charge in [0.25, 0.3) is 5.54 Å². The SMILES string of the molecule is [C-]#[N+]C1(c2ccc(OC)c(OC3CCC3)c2)CCN(C2(C(=O)OCc3ccccc3)CC2)CC1. The number of likely N-dealkylation sites (tertiary alicyclic amines) is 1. The van der Waals surface area contributed by atoms with E-state index >= 15 is 0 Å². The monoisotopic (exact) mass is 460 g/mol. The van der Waals surface area contributed by atoms with Gasteiger partial charge in [-0.3, -0.25) is 9.69 Å². The van der Waals surface area contributed by atoms with E-state index in [2.05, 4.69) is 9.74 Å². The van der Waals surface area contributed by atoms with Gasteiger partial charge in [0.2, 0.25) is 0 Å². The lowest BCUT2D eigenvalue weighted by Crippen LogP contribution is -2.51. The van der Waals surface area contributed by atoms with Crippen molar-refractivity contribution in [3.8, 4) is 11.5 Å². The van der Waals surface area contributed by atoms with Crippen LogP contribution in [0.4, 0.5) is 0 Å². The standard InChI is InChI=1S/C28H32N2O4/c1-29-27(22-11-12-24(32-2)25(19-22)34-23-9-6-10-23)15-17-30(18-16-27)28(13-14-28)26(31)33-20-21-7-4-3-5-8-21/h3-5,7-8,11-12,19,23H,6,9-10,13-18,20H2,2H3. The van der Waals surface area contributed by atoms with Crippen LogP contribution >= 0.6 is 0 Å². The molecule has 0 N–H and O–H groups in total. The lowest BCUT2D eigenvalue weighted by Gasteiger charge is -2.38. The maximum atomic E-state index is 13.0. The van der Waals surface area contributed by atoms with Crippen LogP contribution in [0.25, 0.3) is 4.85 Å². The molecule has 0 amide bonds. The molecule has 6 nitrogen and oxygen atoms in total. The van der Waals surface area contributed by atoms with Crippen molar-refractivity contribution in [3.05, 3.63) is 71.1 Å². The molecule has 6 heteroatoms. The van der Waals surface area contributed by atoms with Crippen LogP contribution in [-0.4, -0.2) is 42.7 Å². The molecule has 3 aliphatic rings. The molecule has 3 fully saturated rings. The lowest BCUT2D eigenvalue weighted by molar-refractivity contribution is -0.154. The zero-order chi connectivity index (χ0) is 23.6. The Kier molecular flexibility index (Phi) is 6.22. The van der Waals surface area contributed by atoms with Gasteiger partial charge in [0.05, 0.1) is 13.2 Å². The Morgan fingerprint density at radius 3 is 2.38 bits per heavy atom. The number of nitrogens with zero attached hydrogens (tertiary/aromatic N) is 2. The van der Waals surface area contributed by atoms with Crippen LogP contribution in [0.2, 0.25) is 0 Å². The van der Waals surface area contributed by atoms with Crippen molar-refractivity contribution in [1.82, 2.24) is 4.90 Å². The van der Waals surface area contributed by atoms with Crippen molar-refractivity contribution in [2.75, 3.05) is 20.2 Å². The highest BCUT2D eigenvalue weighted by molar-refractivity contribution is 5.84. The van der Waals surface area contributed by atoms with Gasteiger partial charge in [0, 0.05) is 31.5 Å². The highest BCUT2D eigenvalue weighted by Crippen LogP contribution is 2.48. The molecule has 0 aromatic heterocycles. The lowest BCUT2D eigenvalue weighted by atomic mass is 9.81. The van der Waals surface area contributed by atoms with Gasteiger partial charge in [-0.05, 0) is 55.9 Å². The second-order valence-corrected chi connectivity index (χ2v) is 9.76. The predicted molar refractivity (Wildman–Crippen MR) is 129 cm³/mol. The van der Waals surface area contributed by atoms with Gasteiger partial charge in [0.15, 0.2) is 11.5 Å².